The van der Waals surface area contributed by atoms with Gasteiger partial charge in [-0.25, -0.2) is 0 Å². The van der Waals surface area contributed by atoms with Crippen LogP contribution in [0.3, 0.4) is 0 Å². The topological polar surface area (TPSA) is 123 Å². The molecular weight excluding hydrogens is 608 g/mol. The smallest absolute Gasteiger partial charge is 0.308 e. The lowest BCUT2D eigenvalue weighted by Crippen LogP contribution is -2.59. The number of unbranched alkanes of at least 4 members (excludes halogenated alkanes) is 23. The summed E-state index contributed by atoms with van der Waals surface area (Å²) < 4.78 is 16.2. The SMILES string of the molecule is CCCCCCCCC=CCCCCCC(=O)O[C@@H]1O[C@H](COC(=O)CCCCCCCCCCCCCCCCC)[C@@H](O)[C@H](O)[C@H]1O. The Bertz CT molecular complexity index is 787. The lowest BCUT2D eigenvalue weighted by molar-refractivity contribution is -0.293. The third-order valence-electron chi connectivity index (χ3n) is 9.45. The van der Waals surface area contributed by atoms with Crippen LogP contribution in [-0.4, -0.2) is 64.6 Å². The van der Waals surface area contributed by atoms with Crippen molar-refractivity contribution in [1.29, 1.82) is 0 Å². The zero-order valence-corrected chi connectivity index (χ0v) is 30.9. The van der Waals surface area contributed by atoms with Gasteiger partial charge in [-0.3, -0.25) is 9.59 Å². The summed E-state index contributed by atoms with van der Waals surface area (Å²) in [6.07, 6.45) is 29.0. The van der Waals surface area contributed by atoms with Crippen molar-refractivity contribution in [3.8, 4) is 0 Å². The van der Waals surface area contributed by atoms with Gasteiger partial charge in [0.2, 0.25) is 6.29 Å². The molecule has 48 heavy (non-hydrogen) atoms. The molecule has 3 N–H and O–H groups in total. The van der Waals surface area contributed by atoms with Gasteiger partial charge in [0.05, 0.1) is 0 Å². The predicted molar refractivity (Wildman–Crippen MR) is 193 cm³/mol. The molecule has 1 rings (SSSR count). The van der Waals surface area contributed by atoms with Crippen molar-refractivity contribution in [2.24, 2.45) is 0 Å². The Kier molecular flexibility index (Phi) is 29.2. The number of rotatable bonds is 32. The van der Waals surface area contributed by atoms with Crippen molar-refractivity contribution in [3.63, 3.8) is 0 Å². The molecule has 0 unspecified atom stereocenters. The van der Waals surface area contributed by atoms with Gasteiger partial charge in [0.25, 0.3) is 0 Å². The summed E-state index contributed by atoms with van der Waals surface area (Å²) in [5, 5.41) is 31.0. The molecule has 0 bridgehead atoms. The van der Waals surface area contributed by atoms with E-state index in [0.29, 0.717) is 6.42 Å². The van der Waals surface area contributed by atoms with E-state index in [1.165, 1.54) is 116 Å². The molecule has 0 aromatic rings. The van der Waals surface area contributed by atoms with Crippen molar-refractivity contribution in [2.45, 2.75) is 224 Å². The van der Waals surface area contributed by atoms with Crippen LogP contribution in [0.1, 0.15) is 194 Å². The van der Waals surface area contributed by atoms with Gasteiger partial charge in [-0.2, -0.15) is 0 Å². The van der Waals surface area contributed by atoms with E-state index >= 15 is 0 Å². The Morgan fingerprint density at radius 2 is 0.917 bits per heavy atom. The van der Waals surface area contributed by atoms with Crippen LogP contribution in [0.15, 0.2) is 12.2 Å². The standard InChI is InChI=1S/C40H74O8/c1-3-5-7-9-11-13-15-17-18-20-21-23-25-27-29-31-35(41)46-33-34-37(43)38(44)39(45)40(47-34)48-36(42)32-30-28-26-24-22-19-16-14-12-10-8-6-4-2/h19,22,34,37-40,43-45H,3-18,20-21,23-33H2,1-2H3/t34-,37-,38+,39-,40+/m1/s1. The zero-order chi connectivity index (χ0) is 35.1. The molecule has 0 amide bonds. The third-order valence-corrected chi connectivity index (χ3v) is 9.45. The van der Waals surface area contributed by atoms with Crippen LogP contribution in [-0.2, 0) is 23.8 Å². The van der Waals surface area contributed by atoms with E-state index in [4.69, 9.17) is 14.2 Å². The molecule has 8 heteroatoms. The predicted octanol–water partition coefficient (Wildman–Crippen LogP) is 9.40. The summed E-state index contributed by atoms with van der Waals surface area (Å²) in [7, 11) is 0. The molecule has 0 radical (unpaired) electrons. The first-order valence-electron chi connectivity index (χ1n) is 20.1. The van der Waals surface area contributed by atoms with E-state index in [1.807, 2.05) is 0 Å². The fourth-order valence-electron chi connectivity index (χ4n) is 6.21. The average molecular weight is 683 g/mol. The Morgan fingerprint density at radius 3 is 1.40 bits per heavy atom. The van der Waals surface area contributed by atoms with E-state index in [-0.39, 0.29) is 19.4 Å². The molecule has 1 fully saturated rings. The Labute approximate surface area is 293 Å². The summed E-state index contributed by atoms with van der Waals surface area (Å²) in [4.78, 5) is 24.7. The van der Waals surface area contributed by atoms with Crippen LogP contribution in [0, 0.1) is 0 Å². The van der Waals surface area contributed by atoms with Crippen LogP contribution in [0.2, 0.25) is 0 Å². The second kappa shape index (κ2) is 31.5. The molecule has 5 atom stereocenters. The Balaban J connectivity index is 2.10. The largest absolute Gasteiger partial charge is 0.463 e. The van der Waals surface area contributed by atoms with Crippen LogP contribution in [0.5, 0.6) is 0 Å². The lowest BCUT2D eigenvalue weighted by Gasteiger charge is -2.39. The van der Waals surface area contributed by atoms with Gasteiger partial charge in [0.15, 0.2) is 0 Å². The first-order chi connectivity index (χ1) is 23.4. The van der Waals surface area contributed by atoms with E-state index in [9.17, 15) is 24.9 Å². The number of allylic oxidation sites excluding steroid dienone is 2. The van der Waals surface area contributed by atoms with Crippen LogP contribution in [0.25, 0.3) is 0 Å². The molecule has 0 spiro atoms. The third kappa shape index (κ3) is 23.8. The normalized spacial score (nSPS) is 21.1. The summed E-state index contributed by atoms with van der Waals surface area (Å²) in [6.45, 7) is 4.20. The highest BCUT2D eigenvalue weighted by atomic mass is 16.7. The average Bonchev–Trinajstić information content (AvgIpc) is 3.08. The number of carbonyl (C=O) groups is 2. The van der Waals surface area contributed by atoms with Crippen molar-refractivity contribution < 1.29 is 39.1 Å². The number of carbonyl (C=O) groups excluding carboxylic acids is 2. The highest BCUT2D eigenvalue weighted by Crippen LogP contribution is 2.24. The number of hydrogen-bond acceptors (Lipinski definition) is 8. The highest BCUT2D eigenvalue weighted by Gasteiger charge is 2.46. The summed E-state index contributed by atoms with van der Waals surface area (Å²) in [6, 6.07) is 0. The van der Waals surface area contributed by atoms with Crippen LogP contribution < -0.4 is 0 Å². The molecule has 1 aliphatic heterocycles. The van der Waals surface area contributed by atoms with Crippen LogP contribution in [0.4, 0.5) is 0 Å². The van der Waals surface area contributed by atoms with E-state index < -0.39 is 42.6 Å². The molecular formula is C40H74O8. The van der Waals surface area contributed by atoms with Gasteiger partial charge < -0.3 is 29.5 Å². The second-order valence-electron chi connectivity index (χ2n) is 14.0. The summed E-state index contributed by atoms with van der Waals surface area (Å²) in [5.41, 5.74) is 0. The van der Waals surface area contributed by atoms with Gasteiger partial charge in [-0.1, -0.05) is 154 Å². The number of hydrogen-bond donors (Lipinski definition) is 3. The minimum Gasteiger partial charge on any atom is -0.463 e. The minimum absolute atomic E-state index is 0.172. The van der Waals surface area contributed by atoms with Gasteiger partial charge in [-0.15, -0.1) is 0 Å². The number of aliphatic hydroxyl groups excluding tert-OH is 3. The zero-order valence-electron chi connectivity index (χ0n) is 30.9. The molecule has 1 heterocycles. The molecule has 8 nitrogen and oxygen atoms in total. The van der Waals surface area contributed by atoms with E-state index in [2.05, 4.69) is 26.0 Å². The van der Waals surface area contributed by atoms with Gasteiger partial charge >= 0.3 is 11.9 Å². The molecule has 0 aliphatic carbocycles. The Hall–Kier alpha value is -1.48. The maximum absolute atomic E-state index is 12.4. The quantitative estimate of drug-likeness (QED) is 0.0364. The van der Waals surface area contributed by atoms with E-state index in [0.717, 1.165) is 44.9 Å². The maximum atomic E-state index is 12.4. The minimum atomic E-state index is -1.59. The van der Waals surface area contributed by atoms with E-state index in [1.54, 1.807) is 0 Å². The van der Waals surface area contributed by atoms with Gasteiger partial charge in [-0.05, 0) is 38.5 Å². The second-order valence-corrected chi connectivity index (χ2v) is 14.0. The van der Waals surface area contributed by atoms with Crippen molar-refractivity contribution in [3.05, 3.63) is 12.2 Å². The number of ether oxygens (including phenoxy) is 3. The molecule has 1 aliphatic rings. The monoisotopic (exact) mass is 683 g/mol. The first-order valence-corrected chi connectivity index (χ1v) is 20.1. The fourth-order valence-corrected chi connectivity index (χ4v) is 6.21. The fraction of sp³-hybridized carbons (Fsp3) is 0.900. The molecule has 0 aromatic heterocycles. The first kappa shape index (κ1) is 44.5. The molecule has 1 saturated heterocycles. The van der Waals surface area contributed by atoms with Crippen molar-refractivity contribution in [1.82, 2.24) is 0 Å². The van der Waals surface area contributed by atoms with Crippen molar-refractivity contribution in [2.75, 3.05) is 6.61 Å². The maximum Gasteiger partial charge on any atom is 0.308 e. The number of esters is 2. The van der Waals surface area contributed by atoms with Crippen LogP contribution >= 0.6 is 0 Å². The van der Waals surface area contributed by atoms with Gasteiger partial charge in [0, 0.05) is 12.8 Å². The highest BCUT2D eigenvalue weighted by molar-refractivity contribution is 5.69. The van der Waals surface area contributed by atoms with Crippen molar-refractivity contribution >= 4 is 11.9 Å². The van der Waals surface area contributed by atoms with Gasteiger partial charge in [0.1, 0.15) is 31.0 Å². The Morgan fingerprint density at radius 1 is 0.521 bits per heavy atom. The summed E-state index contributed by atoms with van der Waals surface area (Å²) >= 11 is 0. The number of aliphatic hydroxyl groups is 3. The summed E-state index contributed by atoms with van der Waals surface area (Å²) in [5.74, 6) is -0.933. The lowest BCUT2D eigenvalue weighted by atomic mass is 9.99. The molecule has 0 aromatic carbocycles. The molecule has 282 valence electrons. The molecule has 0 saturated carbocycles.